The zero-order valence-electron chi connectivity index (χ0n) is 15.5. The zero-order chi connectivity index (χ0) is 21.1. The van der Waals surface area contributed by atoms with Gasteiger partial charge in [0.1, 0.15) is 22.8 Å². The molecule has 0 amide bonds. The lowest BCUT2D eigenvalue weighted by Gasteiger charge is -2.05. The van der Waals surface area contributed by atoms with Crippen molar-refractivity contribution >= 4 is 38.7 Å². The molecule has 1 aromatic heterocycles. The summed E-state index contributed by atoms with van der Waals surface area (Å²) in [5.41, 5.74) is 0.935. The van der Waals surface area contributed by atoms with E-state index in [1.54, 1.807) is 42.5 Å². The molecule has 1 heterocycles. The van der Waals surface area contributed by atoms with Crippen molar-refractivity contribution in [3.8, 4) is 17.2 Å². The van der Waals surface area contributed by atoms with Gasteiger partial charge >= 0.3 is 5.97 Å². The summed E-state index contributed by atoms with van der Waals surface area (Å²) in [6.45, 7) is -0.467. The highest BCUT2D eigenvalue weighted by Gasteiger charge is 2.18. The Kier molecular flexibility index (Phi) is 5.54. The van der Waals surface area contributed by atoms with E-state index >= 15 is 0 Å². The number of carbonyl (C=O) groups is 2. The molecule has 0 aliphatic rings. The number of fused-ring (bicyclic) bond motifs is 1. The van der Waals surface area contributed by atoms with E-state index in [0.717, 1.165) is 0 Å². The smallest absolute Gasteiger partial charge is 0.341 e. The lowest BCUT2D eigenvalue weighted by atomic mass is 10.1. The molecule has 4 rings (SSSR count). The van der Waals surface area contributed by atoms with E-state index in [1.807, 2.05) is 30.3 Å². The van der Waals surface area contributed by atoms with Crippen LogP contribution in [0.1, 0.15) is 16.1 Å². The van der Waals surface area contributed by atoms with E-state index < -0.39 is 12.6 Å². The van der Waals surface area contributed by atoms with Crippen LogP contribution < -0.4 is 9.47 Å². The molecule has 0 fully saturated rings. The zero-order valence-corrected chi connectivity index (χ0v) is 17.1. The number of carboxylic acids is 1. The summed E-state index contributed by atoms with van der Waals surface area (Å²) < 4.78 is 17.2. The van der Waals surface area contributed by atoms with Gasteiger partial charge in [-0.1, -0.05) is 18.2 Å². The van der Waals surface area contributed by atoms with Gasteiger partial charge in [0.05, 0.1) is 4.47 Å². The van der Waals surface area contributed by atoms with E-state index in [0.29, 0.717) is 38.3 Å². The molecule has 0 saturated carbocycles. The molecule has 0 aliphatic heterocycles. The Labute approximate surface area is 179 Å². The lowest BCUT2D eigenvalue weighted by Crippen LogP contribution is -2.09. The van der Waals surface area contributed by atoms with Crippen LogP contribution in [0.2, 0.25) is 0 Å². The summed E-state index contributed by atoms with van der Waals surface area (Å²) >= 11 is 3.39. The Hall–Kier alpha value is -3.58. The van der Waals surface area contributed by atoms with Crippen molar-refractivity contribution in [1.29, 1.82) is 0 Å². The second-order valence-corrected chi connectivity index (χ2v) is 7.14. The first-order valence-corrected chi connectivity index (χ1v) is 9.75. The molecule has 0 aliphatic carbocycles. The molecule has 1 N–H and O–H groups in total. The van der Waals surface area contributed by atoms with E-state index in [1.165, 1.54) is 0 Å². The fourth-order valence-electron chi connectivity index (χ4n) is 2.86. The largest absolute Gasteiger partial charge is 0.481 e. The number of para-hydroxylation sites is 1. The minimum absolute atomic E-state index is 0.165. The molecule has 7 heteroatoms. The average molecular weight is 467 g/mol. The topological polar surface area (TPSA) is 86.0 Å². The number of carbonyl (C=O) groups excluding carboxylic acids is 1. The van der Waals surface area contributed by atoms with Crippen LogP contribution in [-0.4, -0.2) is 23.5 Å². The normalized spacial score (nSPS) is 10.7. The molecule has 30 heavy (non-hydrogen) atoms. The summed E-state index contributed by atoms with van der Waals surface area (Å²) in [4.78, 5) is 23.5. The van der Waals surface area contributed by atoms with Crippen molar-refractivity contribution in [1.82, 2.24) is 0 Å². The molecule has 6 nitrogen and oxygen atoms in total. The molecule has 0 radical (unpaired) electrons. The SMILES string of the molecule is O=C(O)COc1ccc2oc(C(=O)c3ccc(Oc4ccccc4)cc3)cc2c1Br. The van der Waals surface area contributed by atoms with Gasteiger partial charge in [0.15, 0.2) is 12.4 Å². The summed E-state index contributed by atoms with van der Waals surface area (Å²) in [7, 11) is 0. The summed E-state index contributed by atoms with van der Waals surface area (Å²) in [5.74, 6) is 0.483. The number of carboxylic acid groups (broad SMARTS) is 1. The van der Waals surface area contributed by atoms with E-state index in [4.69, 9.17) is 19.0 Å². The van der Waals surface area contributed by atoms with E-state index in [9.17, 15) is 9.59 Å². The van der Waals surface area contributed by atoms with Gasteiger partial charge in [0, 0.05) is 10.9 Å². The van der Waals surface area contributed by atoms with Crippen LogP contribution in [0.3, 0.4) is 0 Å². The van der Waals surface area contributed by atoms with Gasteiger partial charge in [0.25, 0.3) is 0 Å². The first-order chi connectivity index (χ1) is 14.5. The Morgan fingerprint density at radius 3 is 2.33 bits per heavy atom. The fraction of sp³-hybridized carbons (Fsp3) is 0.0435. The first-order valence-electron chi connectivity index (χ1n) is 8.95. The maximum Gasteiger partial charge on any atom is 0.341 e. The number of aliphatic carboxylic acids is 1. The molecule has 0 atom stereocenters. The minimum atomic E-state index is -1.08. The predicted octanol–water partition coefficient (Wildman–Crippen LogP) is 5.68. The molecule has 4 aromatic rings. The number of hydrogen-bond acceptors (Lipinski definition) is 5. The van der Waals surface area contributed by atoms with Gasteiger partial charge in [-0.25, -0.2) is 4.79 Å². The van der Waals surface area contributed by atoms with Crippen molar-refractivity contribution in [3.05, 3.63) is 88.6 Å². The van der Waals surface area contributed by atoms with Gasteiger partial charge in [-0.05, 0) is 70.5 Å². The third-order valence-electron chi connectivity index (χ3n) is 4.27. The number of furan rings is 1. The monoisotopic (exact) mass is 466 g/mol. The molecule has 150 valence electrons. The van der Waals surface area contributed by atoms with Gasteiger partial charge in [-0.3, -0.25) is 4.79 Å². The highest BCUT2D eigenvalue weighted by Crippen LogP contribution is 2.35. The lowest BCUT2D eigenvalue weighted by molar-refractivity contribution is -0.139. The van der Waals surface area contributed by atoms with Gasteiger partial charge in [0.2, 0.25) is 5.78 Å². The van der Waals surface area contributed by atoms with E-state index in [-0.39, 0.29) is 11.5 Å². The summed E-state index contributed by atoms with van der Waals surface area (Å²) in [6.07, 6.45) is 0. The van der Waals surface area contributed by atoms with Gasteiger partial charge in [-0.2, -0.15) is 0 Å². The van der Waals surface area contributed by atoms with Crippen LogP contribution in [0.25, 0.3) is 11.0 Å². The second-order valence-electron chi connectivity index (χ2n) is 6.35. The number of hydrogen-bond donors (Lipinski definition) is 1. The number of benzene rings is 3. The van der Waals surface area contributed by atoms with Crippen LogP contribution in [0, 0.1) is 0 Å². The highest BCUT2D eigenvalue weighted by atomic mass is 79.9. The Morgan fingerprint density at radius 2 is 1.63 bits per heavy atom. The molecule has 0 unspecified atom stereocenters. The van der Waals surface area contributed by atoms with Gasteiger partial charge in [-0.15, -0.1) is 0 Å². The number of halogens is 1. The Balaban J connectivity index is 1.55. The number of rotatable bonds is 7. The average Bonchev–Trinajstić information content (AvgIpc) is 3.19. The van der Waals surface area contributed by atoms with E-state index in [2.05, 4.69) is 15.9 Å². The third kappa shape index (κ3) is 4.21. The highest BCUT2D eigenvalue weighted by molar-refractivity contribution is 9.10. The van der Waals surface area contributed by atoms with Crippen molar-refractivity contribution < 1.29 is 28.6 Å². The second kappa shape index (κ2) is 8.42. The van der Waals surface area contributed by atoms with Crippen LogP contribution >= 0.6 is 15.9 Å². The molecule has 0 spiro atoms. The van der Waals surface area contributed by atoms with Crippen LogP contribution in [-0.2, 0) is 4.79 Å². The summed E-state index contributed by atoms with van der Waals surface area (Å²) in [5, 5.41) is 9.39. The number of ketones is 1. The van der Waals surface area contributed by atoms with Crippen molar-refractivity contribution in [2.45, 2.75) is 0 Å². The molecule has 0 bridgehead atoms. The van der Waals surface area contributed by atoms with Crippen LogP contribution in [0.5, 0.6) is 17.2 Å². The predicted molar refractivity (Wildman–Crippen MR) is 113 cm³/mol. The third-order valence-corrected chi connectivity index (χ3v) is 5.09. The van der Waals surface area contributed by atoms with Crippen molar-refractivity contribution in [2.24, 2.45) is 0 Å². The maximum atomic E-state index is 12.8. The van der Waals surface area contributed by atoms with Crippen molar-refractivity contribution in [2.75, 3.05) is 6.61 Å². The first kappa shape index (κ1) is 19.7. The van der Waals surface area contributed by atoms with Crippen LogP contribution in [0.4, 0.5) is 0 Å². The summed E-state index contributed by atoms with van der Waals surface area (Å²) in [6, 6.07) is 21.0. The van der Waals surface area contributed by atoms with Crippen LogP contribution in [0.15, 0.2) is 81.7 Å². The Morgan fingerprint density at radius 1 is 0.933 bits per heavy atom. The quantitative estimate of drug-likeness (QED) is 0.352. The standard InChI is InChI=1S/C23H15BrO6/c24-22-17-12-20(30-18(17)10-11-19(22)28-13-21(25)26)23(27)14-6-8-16(9-7-14)29-15-4-2-1-3-5-15/h1-12H,13H2,(H,25,26). The fourth-order valence-corrected chi connectivity index (χ4v) is 3.42. The Bertz CT molecular complexity index is 1210. The maximum absolute atomic E-state index is 12.8. The van der Waals surface area contributed by atoms with Crippen molar-refractivity contribution in [3.63, 3.8) is 0 Å². The minimum Gasteiger partial charge on any atom is -0.481 e. The number of ether oxygens (including phenoxy) is 2. The molecule has 0 saturated heterocycles. The van der Waals surface area contributed by atoms with Gasteiger partial charge < -0.3 is 19.0 Å². The molecular weight excluding hydrogens is 452 g/mol. The molecule has 3 aromatic carbocycles. The molecular formula is C23H15BrO6.